The molecule has 0 aromatic carbocycles. The highest BCUT2D eigenvalue weighted by atomic mass is 16.3. The molecule has 0 spiro atoms. The van der Waals surface area contributed by atoms with Gasteiger partial charge >= 0.3 is 0 Å². The van der Waals surface area contributed by atoms with Crippen LogP contribution in [0, 0.1) is 5.41 Å². The topological polar surface area (TPSA) is 52.5 Å². The molecule has 0 saturated heterocycles. The van der Waals surface area contributed by atoms with Crippen LogP contribution in [0.3, 0.4) is 0 Å². The second-order valence-electron chi connectivity index (χ2n) is 6.06. The van der Waals surface area contributed by atoms with E-state index in [-0.39, 0.29) is 12.0 Å². The molecule has 0 radical (unpaired) electrons. The largest absolute Gasteiger partial charge is 0.396 e. The summed E-state index contributed by atoms with van der Waals surface area (Å²) in [6.07, 6.45) is 6.62. The van der Waals surface area contributed by atoms with Gasteiger partial charge in [0.2, 0.25) is 0 Å². The van der Waals surface area contributed by atoms with Crippen LogP contribution in [0.2, 0.25) is 0 Å². The maximum atomic E-state index is 10.4. The second kappa shape index (κ2) is 5.99. The van der Waals surface area contributed by atoms with Crippen molar-refractivity contribution in [2.24, 2.45) is 5.41 Å². The normalized spacial score (nSPS) is 21.8. The molecule has 3 nitrogen and oxygen atoms in total. The van der Waals surface area contributed by atoms with Gasteiger partial charge in [0.1, 0.15) is 0 Å². The summed E-state index contributed by atoms with van der Waals surface area (Å²) in [7, 11) is 0. The Morgan fingerprint density at radius 3 is 2.19 bits per heavy atom. The van der Waals surface area contributed by atoms with Crippen molar-refractivity contribution in [1.29, 1.82) is 0 Å². The summed E-state index contributed by atoms with van der Waals surface area (Å²) in [5.74, 6) is 0. The van der Waals surface area contributed by atoms with Gasteiger partial charge in [-0.25, -0.2) is 0 Å². The Balaban J connectivity index is 2.29. The first-order valence-electron chi connectivity index (χ1n) is 6.51. The van der Waals surface area contributed by atoms with E-state index >= 15 is 0 Å². The van der Waals surface area contributed by atoms with E-state index < -0.39 is 5.60 Å². The molecule has 0 atom stereocenters. The number of hydrogen-bond donors (Lipinski definition) is 3. The molecule has 1 aliphatic rings. The molecule has 96 valence electrons. The Morgan fingerprint density at radius 1 is 1.12 bits per heavy atom. The maximum Gasteiger partial charge on any atom is 0.0771 e. The zero-order valence-corrected chi connectivity index (χ0v) is 10.8. The van der Waals surface area contributed by atoms with Gasteiger partial charge in [-0.15, -0.1) is 0 Å². The van der Waals surface area contributed by atoms with E-state index in [4.69, 9.17) is 5.11 Å². The summed E-state index contributed by atoms with van der Waals surface area (Å²) in [4.78, 5) is 0. The molecular formula is C13H27NO2. The minimum atomic E-state index is -0.512. The lowest BCUT2D eigenvalue weighted by molar-refractivity contribution is 0.0217. The van der Waals surface area contributed by atoms with Crippen LogP contribution >= 0.6 is 0 Å². The molecule has 1 saturated carbocycles. The van der Waals surface area contributed by atoms with Crippen LogP contribution in [0.1, 0.15) is 52.4 Å². The van der Waals surface area contributed by atoms with Crippen molar-refractivity contribution in [3.8, 4) is 0 Å². The monoisotopic (exact) mass is 229 g/mol. The summed E-state index contributed by atoms with van der Waals surface area (Å²) in [5, 5.41) is 22.8. The molecule has 0 unspecified atom stereocenters. The Kier molecular flexibility index (Phi) is 5.22. The molecule has 0 bridgehead atoms. The van der Waals surface area contributed by atoms with E-state index in [0.717, 1.165) is 32.2 Å². The third kappa shape index (κ3) is 4.81. The Morgan fingerprint density at radius 2 is 1.69 bits per heavy atom. The van der Waals surface area contributed by atoms with Crippen molar-refractivity contribution in [1.82, 2.24) is 5.32 Å². The fourth-order valence-electron chi connectivity index (χ4n) is 2.25. The van der Waals surface area contributed by atoms with E-state index in [0.29, 0.717) is 6.54 Å². The molecule has 1 fully saturated rings. The lowest BCUT2D eigenvalue weighted by Gasteiger charge is -2.29. The van der Waals surface area contributed by atoms with Crippen LogP contribution in [0.4, 0.5) is 0 Å². The SMILES string of the molecule is CC(C)(CO)CNCC1(O)CCCCCC1. The quantitative estimate of drug-likeness (QED) is 0.629. The number of hydrogen-bond acceptors (Lipinski definition) is 3. The van der Waals surface area contributed by atoms with Crippen LogP contribution in [-0.4, -0.2) is 35.5 Å². The molecule has 0 amide bonds. The zero-order valence-electron chi connectivity index (χ0n) is 10.8. The minimum Gasteiger partial charge on any atom is -0.396 e. The number of aliphatic hydroxyl groups is 2. The smallest absolute Gasteiger partial charge is 0.0771 e. The van der Waals surface area contributed by atoms with Gasteiger partial charge in [-0.3, -0.25) is 0 Å². The molecule has 3 heteroatoms. The highest BCUT2D eigenvalue weighted by Crippen LogP contribution is 2.26. The van der Waals surface area contributed by atoms with Gasteiger partial charge in [-0.1, -0.05) is 39.5 Å². The summed E-state index contributed by atoms with van der Waals surface area (Å²) < 4.78 is 0. The van der Waals surface area contributed by atoms with E-state index in [9.17, 15) is 5.11 Å². The first-order valence-corrected chi connectivity index (χ1v) is 6.51. The molecule has 0 heterocycles. The highest BCUT2D eigenvalue weighted by molar-refractivity contribution is 4.84. The molecule has 0 aromatic rings. The average Bonchev–Trinajstić information content (AvgIpc) is 2.43. The highest BCUT2D eigenvalue weighted by Gasteiger charge is 2.28. The van der Waals surface area contributed by atoms with Crippen molar-refractivity contribution in [2.45, 2.75) is 58.0 Å². The minimum absolute atomic E-state index is 0.0961. The maximum absolute atomic E-state index is 10.4. The van der Waals surface area contributed by atoms with Crippen molar-refractivity contribution in [3.63, 3.8) is 0 Å². The van der Waals surface area contributed by atoms with Crippen molar-refractivity contribution in [2.75, 3.05) is 19.7 Å². The lowest BCUT2D eigenvalue weighted by Crippen LogP contribution is -2.43. The van der Waals surface area contributed by atoms with Crippen molar-refractivity contribution >= 4 is 0 Å². The molecule has 3 N–H and O–H groups in total. The summed E-state index contributed by atoms with van der Waals surface area (Å²) in [6, 6.07) is 0. The summed E-state index contributed by atoms with van der Waals surface area (Å²) in [5.41, 5.74) is -0.608. The predicted octanol–water partition coefficient (Wildman–Crippen LogP) is 1.68. The Hall–Kier alpha value is -0.120. The third-order valence-corrected chi connectivity index (χ3v) is 3.52. The van der Waals surface area contributed by atoms with Gasteiger partial charge in [0.15, 0.2) is 0 Å². The van der Waals surface area contributed by atoms with Crippen LogP contribution in [-0.2, 0) is 0 Å². The van der Waals surface area contributed by atoms with E-state index in [1.807, 2.05) is 13.8 Å². The van der Waals surface area contributed by atoms with E-state index in [2.05, 4.69) is 5.32 Å². The van der Waals surface area contributed by atoms with Gasteiger partial charge in [-0.2, -0.15) is 0 Å². The molecular weight excluding hydrogens is 202 g/mol. The Bertz CT molecular complexity index is 196. The van der Waals surface area contributed by atoms with Gasteiger partial charge in [0.05, 0.1) is 5.60 Å². The average molecular weight is 229 g/mol. The molecule has 1 rings (SSSR count). The number of rotatable bonds is 5. The van der Waals surface area contributed by atoms with Gasteiger partial charge in [-0.05, 0) is 12.8 Å². The molecule has 16 heavy (non-hydrogen) atoms. The standard InChI is InChI=1S/C13H27NO2/c1-12(2,11-15)9-14-10-13(16)7-5-3-4-6-8-13/h14-16H,3-11H2,1-2H3. The first kappa shape index (κ1) is 13.9. The first-order chi connectivity index (χ1) is 7.47. The number of aliphatic hydroxyl groups excluding tert-OH is 1. The van der Waals surface area contributed by atoms with Crippen molar-refractivity contribution < 1.29 is 10.2 Å². The number of nitrogens with one attached hydrogen (secondary N) is 1. The van der Waals surface area contributed by atoms with Gasteiger partial charge in [0.25, 0.3) is 0 Å². The zero-order chi connectivity index (χ0) is 12.1. The Labute approximate surface area is 99.3 Å². The lowest BCUT2D eigenvalue weighted by atomic mass is 9.92. The summed E-state index contributed by atoms with van der Waals surface area (Å²) in [6.45, 7) is 5.65. The molecule has 0 aromatic heterocycles. The molecule has 1 aliphatic carbocycles. The van der Waals surface area contributed by atoms with Crippen LogP contribution < -0.4 is 5.32 Å². The van der Waals surface area contributed by atoms with Crippen LogP contribution in [0.15, 0.2) is 0 Å². The summed E-state index contributed by atoms with van der Waals surface area (Å²) >= 11 is 0. The molecule has 0 aliphatic heterocycles. The van der Waals surface area contributed by atoms with E-state index in [1.165, 1.54) is 12.8 Å². The van der Waals surface area contributed by atoms with Crippen LogP contribution in [0.5, 0.6) is 0 Å². The second-order valence-corrected chi connectivity index (χ2v) is 6.06. The van der Waals surface area contributed by atoms with Crippen LogP contribution in [0.25, 0.3) is 0 Å². The fraction of sp³-hybridized carbons (Fsp3) is 1.00. The predicted molar refractivity (Wildman–Crippen MR) is 66.4 cm³/mol. The van der Waals surface area contributed by atoms with Gasteiger partial charge < -0.3 is 15.5 Å². The fourth-order valence-corrected chi connectivity index (χ4v) is 2.25. The third-order valence-electron chi connectivity index (χ3n) is 3.52. The van der Waals surface area contributed by atoms with Crippen molar-refractivity contribution in [3.05, 3.63) is 0 Å². The van der Waals surface area contributed by atoms with Gasteiger partial charge in [0, 0.05) is 25.1 Å². The van der Waals surface area contributed by atoms with E-state index in [1.54, 1.807) is 0 Å².